The van der Waals surface area contributed by atoms with Crippen LogP contribution in [0.25, 0.3) is 6.08 Å². The number of hydrogen-bond acceptors (Lipinski definition) is 3. The maximum absolute atomic E-state index is 11.6. The van der Waals surface area contributed by atoms with Gasteiger partial charge in [-0.2, -0.15) is 5.26 Å². The third kappa shape index (κ3) is 2.19. The van der Waals surface area contributed by atoms with E-state index in [1.165, 1.54) is 0 Å². The van der Waals surface area contributed by atoms with Gasteiger partial charge < -0.3 is 4.74 Å². The second-order valence-electron chi connectivity index (χ2n) is 5.48. The Kier molecular flexibility index (Phi) is 3.04. The molecule has 0 N–H and O–H groups in total. The molecule has 20 heavy (non-hydrogen) atoms. The lowest BCUT2D eigenvalue weighted by molar-refractivity contribution is -0.117. The molecule has 0 radical (unpaired) electrons. The van der Waals surface area contributed by atoms with Gasteiger partial charge in [0.2, 0.25) is 0 Å². The molecule has 2 atom stereocenters. The van der Waals surface area contributed by atoms with Crippen LogP contribution in [0.3, 0.4) is 0 Å². The van der Waals surface area contributed by atoms with Crippen LogP contribution in [0.4, 0.5) is 0 Å². The summed E-state index contributed by atoms with van der Waals surface area (Å²) in [4.78, 5) is 11.6. The van der Waals surface area contributed by atoms with Gasteiger partial charge in [0.1, 0.15) is 0 Å². The number of benzene rings is 1. The van der Waals surface area contributed by atoms with Gasteiger partial charge in [0.05, 0.1) is 23.8 Å². The fraction of sp³-hybridized carbons (Fsp3) is 0.294. The van der Waals surface area contributed by atoms with Crippen LogP contribution in [0.5, 0.6) is 0 Å². The monoisotopic (exact) mass is 265 g/mol. The number of carbonyl (C=O) groups excluding carboxylic acids is 1. The maximum atomic E-state index is 11.6. The highest BCUT2D eigenvalue weighted by Gasteiger charge is 2.44. The average molecular weight is 265 g/mol. The summed E-state index contributed by atoms with van der Waals surface area (Å²) >= 11 is 0. The molecule has 3 heteroatoms. The van der Waals surface area contributed by atoms with E-state index in [1.54, 1.807) is 18.2 Å². The van der Waals surface area contributed by atoms with E-state index < -0.39 is 0 Å². The SMILES string of the molecule is C[C@@]12C=CC(=O)C[C@@H]1/C(=C\c1ccc(C#N)cc1)CO2. The minimum absolute atomic E-state index is 0.121. The first-order valence-corrected chi connectivity index (χ1v) is 6.67. The quantitative estimate of drug-likeness (QED) is 0.784. The van der Waals surface area contributed by atoms with Crippen LogP contribution in [-0.4, -0.2) is 18.0 Å². The van der Waals surface area contributed by atoms with Crippen LogP contribution < -0.4 is 0 Å². The van der Waals surface area contributed by atoms with Gasteiger partial charge in [0.25, 0.3) is 0 Å². The molecule has 100 valence electrons. The standard InChI is InChI=1S/C17H15NO2/c1-17-7-6-15(19)9-16(17)14(11-20-17)8-12-2-4-13(10-18)5-3-12/h2-8,16H,9,11H2,1H3/b14-8-/t16-,17-/m1/s1. The molecule has 0 amide bonds. The summed E-state index contributed by atoms with van der Waals surface area (Å²) in [5.41, 5.74) is 2.48. The molecule has 1 aromatic carbocycles. The Labute approximate surface area is 118 Å². The Balaban J connectivity index is 1.91. The normalized spacial score (nSPS) is 30.3. The van der Waals surface area contributed by atoms with Crippen molar-refractivity contribution in [1.29, 1.82) is 5.26 Å². The molecule has 1 fully saturated rings. The maximum Gasteiger partial charge on any atom is 0.156 e. The first-order valence-electron chi connectivity index (χ1n) is 6.67. The highest BCUT2D eigenvalue weighted by molar-refractivity contribution is 5.91. The molecular weight excluding hydrogens is 250 g/mol. The lowest BCUT2D eigenvalue weighted by Gasteiger charge is -2.29. The van der Waals surface area contributed by atoms with Crippen LogP contribution in [-0.2, 0) is 9.53 Å². The fourth-order valence-corrected chi connectivity index (χ4v) is 2.84. The highest BCUT2D eigenvalue weighted by atomic mass is 16.5. The van der Waals surface area contributed by atoms with Crippen LogP contribution in [0.1, 0.15) is 24.5 Å². The van der Waals surface area contributed by atoms with Crippen molar-refractivity contribution in [2.24, 2.45) is 5.92 Å². The molecule has 0 spiro atoms. The molecule has 2 aliphatic rings. The zero-order chi connectivity index (χ0) is 14.2. The molecule has 1 heterocycles. The minimum Gasteiger partial charge on any atom is -0.366 e. The Morgan fingerprint density at radius 3 is 2.85 bits per heavy atom. The zero-order valence-corrected chi connectivity index (χ0v) is 11.3. The van der Waals surface area contributed by atoms with Gasteiger partial charge in [-0.05, 0) is 42.3 Å². The number of hydrogen-bond donors (Lipinski definition) is 0. The molecule has 3 rings (SSSR count). The molecule has 0 unspecified atom stereocenters. The fourth-order valence-electron chi connectivity index (χ4n) is 2.84. The van der Waals surface area contributed by atoms with Gasteiger partial charge in [-0.3, -0.25) is 4.79 Å². The van der Waals surface area contributed by atoms with Crippen LogP contribution >= 0.6 is 0 Å². The van der Waals surface area contributed by atoms with Crippen LogP contribution in [0.15, 0.2) is 42.0 Å². The van der Waals surface area contributed by atoms with E-state index in [4.69, 9.17) is 10.00 Å². The Bertz CT molecular complexity index is 649. The van der Waals surface area contributed by atoms with Crippen molar-refractivity contribution in [3.05, 3.63) is 53.1 Å². The zero-order valence-electron chi connectivity index (χ0n) is 11.3. The Morgan fingerprint density at radius 1 is 1.40 bits per heavy atom. The Morgan fingerprint density at radius 2 is 2.15 bits per heavy atom. The summed E-state index contributed by atoms with van der Waals surface area (Å²) in [5, 5.41) is 8.80. The van der Waals surface area contributed by atoms with E-state index in [9.17, 15) is 4.79 Å². The Hall–Kier alpha value is -2.18. The smallest absolute Gasteiger partial charge is 0.156 e. The average Bonchev–Trinajstić information content (AvgIpc) is 2.77. The first kappa shape index (κ1) is 12.8. The lowest BCUT2D eigenvalue weighted by atomic mass is 9.78. The van der Waals surface area contributed by atoms with Gasteiger partial charge in [-0.25, -0.2) is 0 Å². The van der Waals surface area contributed by atoms with Crippen molar-refractivity contribution in [3.63, 3.8) is 0 Å². The predicted molar refractivity (Wildman–Crippen MR) is 75.7 cm³/mol. The summed E-state index contributed by atoms with van der Waals surface area (Å²) in [7, 11) is 0. The van der Waals surface area contributed by atoms with E-state index in [1.807, 2.05) is 25.1 Å². The van der Waals surface area contributed by atoms with Gasteiger partial charge >= 0.3 is 0 Å². The number of carbonyl (C=O) groups is 1. The number of nitriles is 1. The highest BCUT2D eigenvalue weighted by Crippen LogP contribution is 2.42. The van der Waals surface area contributed by atoms with Crippen LogP contribution in [0.2, 0.25) is 0 Å². The van der Waals surface area contributed by atoms with Gasteiger partial charge in [0, 0.05) is 12.3 Å². The number of ether oxygens (including phenoxy) is 1. The number of allylic oxidation sites excluding steroid dienone is 1. The number of ketones is 1. The number of rotatable bonds is 1. The molecule has 3 nitrogen and oxygen atoms in total. The van der Waals surface area contributed by atoms with Gasteiger partial charge in [-0.1, -0.05) is 18.2 Å². The van der Waals surface area contributed by atoms with Crippen molar-refractivity contribution in [2.75, 3.05) is 6.61 Å². The van der Waals surface area contributed by atoms with Crippen molar-refractivity contribution >= 4 is 11.9 Å². The van der Waals surface area contributed by atoms with Gasteiger partial charge in [0.15, 0.2) is 5.78 Å². The minimum atomic E-state index is -0.355. The first-order chi connectivity index (χ1) is 9.60. The van der Waals surface area contributed by atoms with E-state index >= 15 is 0 Å². The number of fused-ring (bicyclic) bond motifs is 1. The molecule has 1 saturated heterocycles. The summed E-state index contributed by atoms with van der Waals surface area (Å²) in [6.07, 6.45) is 6.09. The van der Waals surface area contributed by atoms with Crippen molar-refractivity contribution in [3.8, 4) is 6.07 Å². The second kappa shape index (κ2) is 4.73. The summed E-state index contributed by atoms with van der Waals surface area (Å²) in [6.45, 7) is 2.58. The largest absolute Gasteiger partial charge is 0.366 e. The molecule has 0 bridgehead atoms. The molecule has 1 aromatic rings. The topological polar surface area (TPSA) is 50.1 Å². The summed E-state index contributed by atoms with van der Waals surface area (Å²) < 4.78 is 5.86. The van der Waals surface area contributed by atoms with E-state index in [2.05, 4.69) is 12.1 Å². The third-order valence-corrected chi connectivity index (χ3v) is 4.09. The predicted octanol–water partition coefficient (Wildman–Crippen LogP) is 2.88. The second-order valence-corrected chi connectivity index (χ2v) is 5.48. The molecule has 0 aromatic heterocycles. The molecule has 1 aliphatic carbocycles. The van der Waals surface area contributed by atoms with E-state index in [0.29, 0.717) is 18.6 Å². The van der Waals surface area contributed by atoms with Crippen molar-refractivity contribution < 1.29 is 9.53 Å². The molecule has 0 saturated carbocycles. The van der Waals surface area contributed by atoms with Crippen molar-refractivity contribution in [2.45, 2.75) is 18.9 Å². The molecule has 1 aliphatic heterocycles. The van der Waals surface area contributed by atoms with E-state index in [0.717, 1.165) is 11.1 Å². The van der Waals surface area contributed by atoms with E-state index in [-0.39, 0.29) is 17.3 Å². The lowest BCUT2D eigenvalue weighted by Crippen LogP contribution is -2.34. The summed E-state index contributed by atoms with van der Waals surface area (Å²) in [5.74, 6) is 0.277. The summed E-state index contributed by atoms with van der Waals surface area (Å²) in [6, 6.07) is 9.54. The van der Waals surface area contributed by atoms with Crippen molar-refractivity contribution in [1.82, 2.24) is 0 Å². The van der Waals surface area contributed by atoms with Gasteiger partial charge in [-0.15, -0.1) is 0 Å². The third-order valence-electron chi connectivity index (χ3n) is 4.09. The number of nitrogens with zero attached hydrogens (tertiary/aromatic N) is 1. The van der Waals surface area contributed by atoms with Crippen LogP contribution in [0, 0.1) is 17.2 Å². The molecular formula is C17H15NO2.